The predicted octanol–water partition coefficient (Wildman–Crippen LogP) is 5.19. The minimum atomic E-state index is -0.197. The summed E-state index contributed by atoms with van der Waals surface area (Å²) in [6.45, 7) is 5.78. The number of carbonyl (C=O) groups is 1. The van der Waals surface area contributed by atoms with E-state index in [4.69, 9.17) is 0 Å². The van der Waals surface area contributed by atoms with E-state index in [2.05, 4.69) is 31.3 Å². The molecule has 1 saturated heterocycles. The molecule has 0 saturated carbocycles. The molecule has 1 N–H and O–H groups in total. The smallest absolute Gasteiger partial charge is 0.227 e. The summed E-state index contributed by atoms with van der Waals surface area (Å²) in [5.74, 6) is 0.376. The van der Waals surface area contributed by atoms with E-state index in [0.29, 0.717) is 24.7 Å². The van der Waals surface area contributed by atoms with Gasteiger partial charge in [-0.25, -0.2) is 4.39 Å². The maximum atomic E-state index is 13.9. The highest BCUT2D eigenvalue weighted by Gasteiger charge is 2.26. The second-order valence-corrected chi connectivity index (χ2v) is 7.13. The van der Waals surface area contributed by atoms with E-state index in [-0.39, 0.29) is 17.6 Å². The Morgan fingerprint density at radius 2 is 1.81 bits per heavy atom. The summed E-state index contributed by atoms with van der Waals surface area (Å²) in [6, 6.07) is 15.0. The first-order valence-corrected chi connectivity index (χ1v) is 9.48. The lowest BCUT2D eigenvalue weighted by Gasteiger charge is -2.33. The number of nitrogens with zero attached hydrogens (tertiary/aromatic N) is 1. The fraction of sp³-hybridized carbons (Fsp3) is 0.409. The SMILES string of the molecule is CCC(C)c1ccc(NC(=O)C2CCN(c3ccccc3F)CC2)cc1. The first-order valence-electron chi connectivity index (χ1n) is 9.48. The van der Waals surface area contributed by atoms with Gasteiger partial charge in [-0.05, 0) is 55.0 Å². The maximum Gasteiger partial charge on any atom is 0.227 e. The molecule has 0 aromatic heterocycles. The second kappa shape index (κ2) is 8.35. The van der Waals surface area contributed by atoms with Gasteiger partial charge in [-0.3, -0.25) is 4.79 Å². The molecule has 4 heteroatoms. The van der Waals surface area contributed by atoms with E-state index < -0.39 is 0 Å². The number of benzene rings is 2. The van der Waals surface area contributed by atoms with Crippen LogP contribution in [0, 0.1) is 11.7 Å². The van der Waals surface area contributed by atoms with E-state index in [1.807, 2.05) is 23.1 Å². The van der Waals surface area contributed by atoms with Gasteiger partial charge in [0.2, 0.25) is 5.91 Å². The highest BCUT2D eigenvalue weighted by molar-refractivity contribution is 5.92. The Bertz CT molecular complexity index is 736. The van der Waals surface area contributed by atoms with E-state index >= 15 is 0 Å². The number of rotatable bonds is 5. The van der Waals surface area contributed by atoms with Crippen LogP contribution in [0.5, 0.6) is 0 Å². The van der Waals surface area contributed by atoms with Gasteiger partial charge >= 0.3 is 0 Å². The first-order chi connectivity index (χ1) is 12.6. The van der Waals surface area contributed by atoms with Crippen molar-refractivity contribution in [2.45, 2.75) is 39.0 Å². The zero-order valence-electron chi connectivity index (χ0n) is 15.5. The highest BCUT2D eigenvalue weighted by Crippen LogP contribution is 2.26. The number of para-hydroxylation sites is 1. The lowest BCUT2D eigenvalue weighted by molar-refractivity contribution is -0.120. The Hall–Kier alpha value is -2.36. The third-order valence-electron chi connectivity index (χ3n) is 5.42. The summed E-state index contributed by atoms with van der Waals surface area (Å²) in [5.41, 5.74) is 2.77. The summed E-state index contributed by atoms with van der Waals surface area (Å²) in [7, 11) is 0. The van der Waals surface area contributed by atoms with Crippen LogP contribution in [0.3, 0.4) is 0 Å². The van der Waals surface area contributed by atoms with Crippen LogP contribution in [-0.4, -0.2) is 19.0 Å². The molecule has 1 atom stereocenters. The van der Waals surface area contributed by atoms with Gasteiger partial charge in [-0.15, -0.1) is 0 Å². The van der Waals surface area contributed by atoms with Gasteiger partial charge in [0, 0.05) is 24.7 Å². The molecular formula is C22H27FN2O. The molecular weight excluding hydrogens is 327 g/mol. The maximum absolute atomic E-state index is 13.9. The summed E-state index contributed by atoms with van der Waals surface area (Å²) >= 11 is 0. The number of halogens is 1. The summed E-state index contributed by atoms with van der Waals surface area (Å²) < 4.78 is 13.9. The number of carbonyl (C=O) groups excluding carboxylic acids is 1. The molecule has 0 aliphatic carbocycles. The van der Waals surface area contributed by atoms with Crippen molar-refractivity contribution in [2.24, 2.45) is 5.92 Å². The van der Waals surface area contributed by atoms with Crippen molar-refractivity contribution in [3.8, 4) is 0 Å². The third kappa shape index (κ3) is 4.24. The fourth-order valence-corrected chi connectivity index (χ4v) is 3.47. The fourth-order valence-electron chi connectivity index (χ4n) is 3.47. The minimum Gasteiger partial charge on any atom is -0.369 e. The second-order valence-electron chi connectivity index (χ2n) is 7.13. The number of piperidine rings is 1. The molecule has 1 aliphatic heterocycles. The van der Waals surface area contributed by atoms with E-state index in [1.54, 1.807) is 12.1 Å². The molecule has 1 fully saturated rings. The van der Waals surface area contributed by atoms with E-state index in [9.17, 15) is 9.18 Å². The molecule has 3 rings (SSSR count). The van der Waals surface area contributed by atoms with Crippen molar-refractivity contribution in [3.63, 3.8) is 0 Å². The molecule has 1 unspecified atom stereocenters. The first kappa shape index (κ1) is 18.4. The van der Waals surface area contributed by atoms with E-state index in [0.717, 1.165) is 24.9 Å². The average Bonchev–Trinajstić information content (AvgIpc) is 2.68. The Morgan fingerprint density at radius 3 is 2.42 bits per heavy atom. The van der Waals surface area contributed by atoms with Gasteiger partial charge in [0.25, 0.3) is 0 Å². The summed E-state index contributed by atoms with van der Waals surface area (Å²) in [6.07, 6.45) is 2.59. The standard InChI is InChI=1S/C22H27FN2O/c1-3-16(2)17-8-10-19(11-9-17)24-22(26)18-12-14-25(15-13-18)21-7-5-4-6-20(21)23/h4-11,16,18H,3,12-15H2,1-2H3,(H,24,26). The lowest BCUT2D eigenvalue weighted by atomic mass is 9.95. The Balaban J connectivity index is 1.54. The van der Waals surface area contributed by atoms with Crippen molar-refractivity contribution in [2.75, 3.05) is 23.3 Å². The molecule has 138 valence electrons. The average molecular weight is 354 g/mol. The van der Waals surface area contributed by atoms with Gasteiger partial charge in [0.15, 0.2) is 0 Å². The summed E-state index contributed by atoms with van der Waals surface area (Å²) in [4.78, 5) is 14.6. The lowest BCUT2D eigenvalue weighted by Crippen LogP contribution is -2.38. The molecule has 1 aliphatic rings. The summed E-state index contributed by atoms with van der Waals surface area (Å²) in [5, 5.41) is 3.03. The normalized spacial score (nSPS) is 16.3. The molecule has 26 heavy (non-hydrogen) atoms. The molecule has 0 radical (unpaired) electrons. The zero-order chi connectivity index (χ0) is 18.5. The van der Waals surface area contributed by atoms with Crippen molar-refractivity contribution in [1.82, 2.24) is 0 Å². The van der Waals surface area contributed by atoms with Crippen LogP contribution in [0.2, 0.25) is 0 Å². The molecule has 3 nitrogen and oxygen atoms in total. The zero-order valence-corrected chi connectivity index (χ0v) is 15.5. The monoisotopic (exact) mass is 354 g/mol. The minimum absolute atomic E-state index is 0.0211. The van der Waals surface area contributed by atoms with Crippen LogP contribution < -0.4 is 10.2 Å². The molecule has 0 spiro atoms. The Kier molecular flexibility index (Phi) is 5.92. The van der Waals surface area contributed by atoms with Crippen LogP contribution in [-0.2, 0) is 4.79 Å². The van der Waals surface area contributed by atoms with Crippen molar-refractivity contribution in [3.05, 3.63) is 59.9 Å². The van der Waals surface area contributed by atoms with Gasteiger partial charge in [0.05, 0.1) is 5.69 Å². The highest BCUT2D eigenvalue weighted by atomic mass is 19.1. The third-order valence-corrected chi connectivity index (χ3v) is 5.42. The molecule has 0 bridgehead atoms. The van der Waals surface area contributed by atoms with Crippen LogP contribution >= 0.6 is 0 Å². The number of anilines is 2. The topological polar surface area (TPSA) is 32.3 Å². The van der Waals surface area contributed by atoms with Crippen molar-refractivity contribution >= 4 is 17.3 Å². The Labute approximate surface area is 155 Å². The van der Waals surface area contributed by atoms with Crippen LogP contribution in [0.4, 0.5) is 15.8 Å². The van der Waals surface area contributed by atoms with Crippen molar-refractivity contribution < 1.29 is 9.18 Å². The van der Waals surface area contributed by atoms with Gasteiger partial charge in [-0.1, -0.05) is 38.1 Å². The van der Waals surface area contributed by atoms with Gasteiger partial charge in [-0.2, -0.15) is 0 Å². The Morgan fingerprint density at radius 1 is 1.15 bits per heavy atom. The van der Waals surface area contributed by atoms with E-state index in [1.165, 1.54) is 11.6 Å². The van der Waals surface area contributed by atoms with Crippen LogP contribution in [0.1, 0.15) is 44.6 Å². The molecule has 2 aromatic carbocycles. The number of hydrogen-bond donors (Lipinski definition) is 1. The van der Waals surface area contributed by atoms with Crippen molar-refractivity contribution in [1.29, 1.82) is 0 Å². The van der Waals surface area contributed by atoms with Crippen LogP contribution in [0.25, 0.3) is 0 Å². The number of amides is 1. The van der Waals surface area contributed by atoms with Gasteiger partial charge < -0.3 is 10.2 Å². The molecule has 2 aromatic rings. The van der Waals surface area contributed by atoms with Crippen LogP contribution in [0.15, 0.2) is 48.5 Å². The predicted molar refractivity (Wildman–Crippen MR) is 105 cm³/mol. The quantitative estimate of drug-likeness (QED) is 0.801. The van der Waals surface area contributed by atoms with Gasteiger partial charge in [0.1, 0.15) is 5.82 Å². The molecule has 1 amide bonds. The largest absolute Gasteiger partial charge is 0.369 e. The number of nitrogens with one attached hydrogen (secondary N) is 1. The number of hydrogen-bond acceptors (Lipinski definition) is 2. The molecule has 1 heterocycles.